The van der Waals surface area contributed by atoms with Crippen molar-refractivity contribution in [3.63, 3.8) is 0 Å². The van der Waals surface area contributed by atoms with Gasteiger partial charge in [-0.1, -0.05) is 19.1 Å². The predicted octanol–water partition coefficient (Wildman–Crippen LogP) is 2.32. The van der Waals surface area contributed by atoms with Crippen molar-refractivity contribution < 1.29 is 8.42 Å². The van der Waals surface area contributed by atoms with E-state index in [2.05, 4.69) is 0 Å². The highest BCUT2D eigenvalue weighted by molar-refractivity contribution is 7.91. The maximum atomic E-state index is 11.7. The molecule has 2 N–H and O–H groups in total. The summed E-state index contributed by atoms with van der Waals surface area (Å²) in [5, 5.41) is 0. The molecule has 0 heterocycles. The third kappa shape index (κ3) is 2.93. The third-order valence-electron chi connectivity index (χ3n) is 3.72. The quantitative estimate of drug-likeness (QED) is 0.860. The molecule has 3 nitrogen and oxygen atoms in total. The van der Waals surface area contributed by atoms with Crippen LogP contribution in [0.4, 0.5) is 0 Å². The maximum Gasteiger partial charge on any atom is 0.178 e. The van der Waals surface area contributed by atoms with E-state index >= 15 is 0 Å². The average Bonchev–Trinajstić information content (AvgIpc) is 3.20. The molecule has 4 heteroatoms. The second-order valence-electron chi connectivity index (χ2n) is 4.99. The molecule has 1 aliphatic carbocycles. The Bertz CT molecular complexity index is 489. The van der Waals surface area contributed by atoms with Crippen molar-refractivity contribution in [2.45, 2.75) is 37.0 Å². The molecule has 0 aliphatic heterocycles. The Kier molecular flexibility index (Phi) is 4.07. The monoisotopic (exact) mass is 267 g/mol. The zero-order valence-electron chi connectivity index (χ0n) is 10.8. The summed E-state index contributed by atoms with van der Waals surface area (Å²) in [6.07, 6.45) is 3.55. The number of benzene rings is 1. The van der Waals surface area contributed by atoms with Gasteiger partial charge in [0, 0.05) is 0 Å². The smallest absolute Gasteiger partial charge is 0.178 e. The first-order chi connectivity index (χ1) is 8.58. The van der Waals surface area contributed by atoms with E-state index in [9.17, 15) is 8.42 Å². The summed E-state index contributed by atoms with van der Waals surface area (Å²) in [5.41, 5.74) is 6.89. The van der Waals surface area contributed by atoms with Gasteiger partial charge in [-0.05, 0) is 55.3 Å². The Morgan fingerprint density at radius 1 is 1.28 bits per heavy atom. The summed E-state index contributed by atoms with van der Waals surface area (Å²) in [7, 11) is -3.08. The van der Waals surface area contributed by atoms with Gasteiger partial charge in [0.15, 0.2) is 9.84 Å². The third-order valence-corrected chi connectivity index (χ3v) is 5.47. The molecule has 1 fully saturated rings. The molecule has 18 heavy (non-hydrogen) atoms. The number of rotatable bonds is 6. The topological polar surface area (TPSA) is 60.2 Å². The van der Waals surface area contributed by atoms with Gasteiger partial charge in [-0.15, -0.1) is 0 Å². The van der Waals surface area contributed by atoms with E-state index in [4.69, 9.17) is 5.73 Å². The lowest BCUT2D eigenvalue weighted by Crippen LogP contribution is -2.10. The standard InChI is InChI=1S/C14H21NO2S/c1-2-18(16,17)13-7-5-12(6-8-13)14(9-10-15)11-3-4-11/h5-8,11,14H,2-4,9-10,15H2,1H3. The molecule has 100 valence electrons. The highest BCUT2D eigenvalue weighted by atomic mass is 32.2. The van der Waals surface area contributed by atoms with Crippen LogP contribution in [0.3, 0.4) is 0 Å². The fourth-order valence-corrected chi connectivity index (χ4v) is 3.33. The van der Waals surface area contributed by atoms with E-state index in [1.54, 1.807) is 19.1 Å². The Labute approximate surface area is 109 Å². The van der Waals surface area contributed by atoms with E-state index in [1.807, 2.05) is 12.1 Å². The molecular weight excluding hydrogens is 246 g/mol. The minimum atomic E-state index is -3.08. The van der Waals surface area contributed by atoms with Crippen molar-refractivity contribution in [1.82, 2.24) is 0 Å². The predicted molar refractivity (Wildman–Crippen MR) is 73.3 cm³/mol. The lowest BCUT2D eigenvalue weighted by atomic mass is 9.91. The van der Waals surface area contributed by atoms with Gasteiger partial charge in [0.25, 0.3) is 0 Å². The van der Waals surface area contributed by atoms with E-state index < -0.39 is 9.84 Å². The Morgan fingerprint density at radius 2 is 1.89 bits per heavy atom. The summed E-state index contributed by atoms with van der Waals surface area (Å²) in [6, 6.07) is 7.39. The van der Waals surface area contributed by atoms with Gasteiger partial charge >= 0.3 is 0 Å². The molecular formula is C14H21NO2S. The zero-order chi connectivity index (χ0) is 13.2. The molecule has 0 saturated heterocycles. The average molecular weight is 267 g/mol. The molecule has 1 aliphatic rings. The molecule has 0 bridgehead atoms. The van der Waals surface area contributed by atoms with Crippen molar-refractivity contribution in [3.05, 3.63) is 29.8 Å². The summed E-state index contributed by atoms with van der Waals surface area (Å²) >= 11 is 0. The van der Waals surface area contributed by atoms with E-state index in [0.29, 0.717) is 17.4 Å². The van der Waals surface area contributed by atoms with Crippen molar-refractivity contribution in [2.75, 3.05) is 12.3 Å². The van der Waals surface area contributed by atoms with Crippen molar-refractivity contribution in [2.24, 2.45) is 11.7 Å². The van der Waals surface area contributed by atoms with Crippen molar-refractivity contribution in [3.8, 4) is 0 Å². The van der Waals surface area contributed by atoms with Crippen LogP contribution in [-0.2, 0) is 9.84 Å². The van der Waals surface area contributed by atoms with Crippen LogP contribution in [0.25, 0.3) is 0 Å². The minimum Gasteiger partial charge on any atom is -0.330 e. The van der Waals surface area contributed by atoms with Crippen LogP contribution in [0.5, 0.6) is 0 Å². The molecule has 0 spiro atoms. The number of hydrogen-bond donors (Lipinski definition) is 1. The number of hydrogen-bond acceptors (Lipinski definition) is 3. The molecule has 0 radical (unpaired) electrons. The van der Waals surface area contributed by atoms with E-state index in [1.165, 1.54) is 18.4 Å². The van der Waals surface area contributed by atoms with Crippen LogP contribution >= 0.6 is 0 Å². The summed E-state index contributed by atoms with van der Waals surface area (Å²) in [4.78, 5) is 0.427. The Hall–Kier alpha value is -0.870. The lowest BCUT2D eigenvalue weighted by Gasteiger charge is -2.16. The fraction of sp³-hybridized carbons (Fsp3) is 0.571. The molecule has 1 unspecified atom stereocenters. The molecule has 2 rings (SSSR count). The summed E-state index contributed by atoms with van der Waals surface area (Å²) in [6.45, 7) is 2.36. The number of sulfone groups is 1. The van der Waals surface area contributed by atoms with Crippen LogP contribution in [0.1, 0.15) is 37.7 Å². The second-order valence-corrected chi connectivity index (χ2v) is 7.27. The van der Waals surface area contributed by atoms with Gasteiger partial charge in [-0.3, -0.25) is 0 Å². The molecule has 1 saturated carbocycles. The van der Waals surface area contributed by atoms with Crippen LogP contribution in [0.15, 0.2) is 29.2 Å². The van der Waals surface area contributed by atoms with Gasteiger partial charge in [-0.25, -0.2) is 8.42 Å². The first-order valence-corrected chi connectivity index (χ1v) is 8.26. The van der Waals surface area contributed by atoms with Crippen LogP contribution in [0, 0.1) is 5.92 Å². The SMILES string of the molecule is CCS(=O)(=O)c1ccc(C(CCN)C2CC2)cc1. The Morgan fingerprint density at radius 3 is 2.33 bits per heavy atom. The molecule has 0 aromatic heterocycles. The fourth-order valence-electron chi connectivity index (χ4n) is 2.44. The van der Waals surface area contributed by atoms with Gasteiger partial charge in [-0.2, -0.15) is 0 Å². The van der Waals surface area contributed by atoms with Gasteiger partial charge in [0.2, 0.25) is 0 Å². The maximum absolute atomic E-state index is 11.7. The Balaban J connectivity index is 2.20. The largest absolute Gasteiger partial charge is 0.330 e. The molecule has 0 amide bonds. The normalized spacial score (nSPS) is 17.7. The van der Waals surface area contributed by atoms with Gasteiger partial charge in [0.1, 0.15) is 0 Å². The first-order valence-electron chi connectivity index (χ1n) is 6.61. The molecule has 1 aromatic rings. The van der Waals surface area contributed by atoms with E-state index in [-0.39, 0.29) is 5.75 Å². The van der Waals surface area contributed by atoms with Crippen molar-refractivity contribution >= 4 is 9.84 Å². The summed E-state index contributed by atoms with van der Waals surface area (Å²) < 4.78 is 23.5. The molecule has 1 atom stereocenters. The number of nitrogens with two attached hydrogens (primary N) is 1. The second kappa shape index (κ2) is 5.41. The van der Waals surface area contributed by atoms with Crippen LogP contribution in [-0.4, -0.2) is 20.7 Å². The summed E-state index contributed by atoms with van der Waals surface area (Å²) in [5.74, 6) is 1.41. The van der Waals surface area contributed by atoms with Crippen LogP contribution < -0.4 is 5.73 Å². The highest BCUT2D eigenvalue weighted by Crippen LogP contribution is 2.44. The van der Waals surface area contributed by atoms with Gasteiger partial charge < -0.3 is 5.73 Å². The van der Waals surface area contributed by atoms with Crippen LogP contribution in [0.2, 0.25) is 0 Å². The minimum absolute atomic E-state index is 0.154. The lowest BCUT2D eigenvalue weighted by molar-refractivity contribution is 0.564. The highest BCUT2D eigenvalue weighted by Gasteiger charge is 2.31. The first kappa shape index (κ1) is 13.6. The van der Waals surface area contributed by atoms with Gasteiger partial charge in [0.05, 0.1) is 10.6 Å². The van der Waals surface area contributed by atoms with E-state index in [0.717, 1.165) is 12.3 Å². The molecule has 1 aromatic carbocycles. The zero-order valence-corrected chi connectivity index (χ0v) is 11.6. The van der Waals surface area contributed by atoms with Crippen molar-refractivity contribution in [1.29, 1.82) is 0 Å².